The molecule has 2 atom stereocenters. The van der Waals surface area contributed by atoms with Crippen LogP contribution in [0.4, 0.5) is 0 Å². The Morgan fingerprint density at radius 3 is 3.00 bits per heavy atom. The molecule has 1 aliphatic rings. The zero-order valence-corrected chi connectivity index (χ0v) is 8.42. The number of nitrogens with one attached hydrogen (secondary N) is 1. The van der Waals surface area contributed by atoms with Gasteiger partial charge in [0.2, 0.25) is 0 Å². The van der Waals surface area contributed by atoms with Crippen molar-refractivity contribution in [3.05, 3.63) is 24.3 Å². The molecule has 0 saturated heterocycles. The number of carbonyl (C=O) groups is 1. The van der Waals surface area contributed by atoms with Crippen molar-refractivity contribution in [1.29, 1.82) is 0 Å². The van der Waals surface area contributed by atoms with Crippen LogP contribution in [0.25, 0.3) is 0 Å². The first-order valence-corrected chi connectivity index (χ1v) is 4.88. The van der Waals surface area contributed by atoms with Crippen molar-refractivity contribution in [1.82, 2.24) is 5.32 Å². The molecule has 0 aliphatic heterocycles. The molecule has 0 bridgehead atoms. The fourth-order valence-electron chi connectivity index (χ4n) is 1.36. The first-order valence-electron chi connectivity index (χ1n) is 4.34. The van der Waals surface area contributed by atoms with Gasteiger partial charge in [0.25, 0.3) is 0 Å². The first-order chi connectivity index (χ1) is 6.23. The van der Waals surface area contributed by atoms with Crippen molar-refractivity contribution in [2.24, 2.45) is 5.41 Å². The normalized spacial score (nSPS) is 32.0. The van der Waals surface area contributed by atoms with E-state index in [2.05, 4.69) is 5.32 Å². The summed E-state index contributed by atoms with van der Waals surface area (Å²) in [7, 11) is 0. The lowest BCUT2D eigenvalue weighted by atomic mass is 9.81. The molecule has 1 rings (SSSR count). The molecule has 2 nitrogen and oxygen atoms in total. The number of aldehydes is 1. The number of rotatable bonds is 4. The Hall–Kier alpha value is -0.600. The number of allylic oxidation sites excluding steroid dienone is 2. The van der Waals surface area contributed by atoms with Crippen molar-refractivity contribution in [3.8, 4) is 0 Å². The summed E-state index contributed by atoms with van der Waals surface area (Å²) in [5.74, 6) is 0.559. The number of hydrogen-bond donors (Lipinski definition) is 1. The van der Waals surface area contributed by atoms with Gasteiger partial charge in [0.15, 0.2) is 0 Å². The van der Waals surface area contributed by atoms with E-state index in [0.29, 0.717) is 12.4 Å². The highest BCUT2D eigenvalue weighted by Crippen LogP contribution is 2.24. The Bertz CT molecular complexity index is 237. The largest absolute Gasteiger partial charge is 0.308 e. The van der Waals surface area contributed by atoms with Crippen LogP contribution >= 0.6 is 11.6 Å². The first kappa shape index (κ1) is 10.5. The predicted molar refractivity (Wildman–Crippen MR) is 55.0 cm³/mol. The highest BCUT2D eigenvalue weighted by atomic mass is 35.5. The standard InChI is InChI=1S/C10H14ClNO/c1-10(8-13)5-3-2-4-9(10)12-7-6-11/h2-5,8-9,12H,6-7H2,1H3. The Balaban J connectivity index is 2.65. The second-order valence-corrected chi connectivity index (χ2v) is 3.73. The fraction of sp³-hybridized carbons (Fsp3) is 0.500. The summed E-state index contributed by atoms with van der Waals surface area (Å²) in [5, 5.41) is 3.21. The molecular weight excluding hydrogens is 186 g/mol. The molecule has 0 saturated carbocycles. The monoisotopic (exact) mass is 199 g/mol. The maximum absolute atomic E-state index is 10.9. The second-order valence-electron chi connectivity index (χ2n) is 3.35. The van der Waals surface area contributed by atoms with E-state index in [4.69, 9.17) is 11.6 Å². The fourth-order valence-corrected chi connectivity index (χ4v) is 1.47. The topological polar surface area (TPSA) is 29.1 Å². The lowest BCUT2D eigenvalue weighted by molar-refractivity contribution is -0.114. The van der Waals surface area contributed by atoms with Crippen molar-refractivity contribution < 1.29 is 4.79 Å². The molecule has 13 heavy (non-hydrogen) atoms. The third-order valence-corrected chi connectivity index (χ3v) is 2.44. The average molecular weight is 200 g/mol. The van der Waals surface area contributed by atoms with E-state index < -0.39 is 5.41 Å². The van der Waals surface area contributed by atoms with E-state index in [1.165, 1.54) is 0 Å². The maximum atomic E-state index is 10.9. The summed E-state index contributed by atoms with van der Waals surface area (Å²) < 4.78 is 0. The summed E-state index contributed by atoms with van der Waals surface area (Å²) in [6.45, 7) is 2.62. The molecule has 3 heteroatoms. The van der Waals surface area contributed by atoms with E-state index in [-0.39, 0.29) is 6.04 Å². The third-order valence-electron chi connectivity index (χ3n) is 2.25. The minimum Gasteiger partial charge on any atom is -0.308 e. The van der Waals surface area contributed by atoms with Crippen LogP contribution in [0.2, 0.25) is 0 Å². The highest BCUT2D eigenvalue weighted by molar-refractivity contribution is 6.18. The predicted octanol–water partition coefficient (Wildman–Crippen LogP) is 1.51. The Morgan fingerprint density at radius 1 is 1.62 bits per heavy atom. The van der Waals surface area contributed by atoms with Crippen LogP contribution in [0.1, 0.15) is 6.92 Å². The van der Waals surface area contributed by atoms with E-state index in [0.717, 1.165) is 6.29 Å². The van der Waals surface area contributed by atoms with Crippen LogP contribution in [-0.4, -0.2) is 24.8 Å². The van der Waals surface area contributed by atoms with Gasteiger partial charge in [-0.25, -0.2) is 0 Å². The number of hydrogen-bond acceptors (Lipinski definition) is 2. The van der Waals surface area contributed by atoms with Gasteiger partial charge in [0.1, 0.15) is 6.29 Å². The molecule has 0 aromatic heterocycles. The molecule has 0 aromatic carbocycles. The molecule has 72 valence electrons. The smallest absolute Gasteiger partial charge is 0.131 e. The Kier molecular flexibility index (Phi) is 3.70. The molecule has 0 heterocycles. The summed E-state index contributed by atoms with van der Waals surface area (Å²) in [5.41, 5.74) is -0.430. The Labute approximate surface area is 83.7 Å². The van der Waals surface area contributed by atoms with E-state index in [9.17, 15) is 4.79 Å². The lowest BCUT2D eigenvalue weighted by Gasteiger charge is -2.30. The van der Waals surface area contributed by atoms with E-state index >= 15 is 0 Å². The molecule has 1 N–H and O–H groups in total. The van der Waals surface area contributed by atoms with Crippen molar-refractivity contribution in [2.45, 2.75) is 13.0 Å². The Morgan fingerprint density at radius 2 is 2.38 bits per heavy atom. The number of alkyl halides is 1. The highest BCUT2D eigenvalue weighted by Gasteiger charge is 2.30. The molecule has 2 unspecified atom stereocenters. The zero-order chi connectivity index (χ0) is 9.73. The third kappa shape index (κ3) is 2.42. The van der Waals surface area contributed by atoms with Gasteiger partial charge in [-0.1, -0.05) is 24.3 Å². The summed E-state index contributed by atoms with van der Waals surface area (Å²) in [6.07, 6.45) is 8.70. The molecule has 1 aliphatic carbocycles. The molecular formula is C10H14ClNO. The summed E-state index contributed by atoms with van der Waals surface area (Å²) in [6, 6.07) is 0.0637. The molecule has 0 spiro atoms. The molecule has 0 radical (unpaired) electrons. The summed E-state index contributed by atoms with van der Waals surface area (Å²) in [4.78, 5) is 10.9. The van der Waals surface area contributed by atoms with Crippen LogP contribution in [0.15, 0.2) is 24.3 Å². The molecule has 0 amide bonds. The SMILES string of the molecule is CC1(C=O)C=CC=CC1NCCCl. The van der Waals surface area contributed by atoms with Gasteiger partial charge in [-0.2, -0.15) is 0 Å². The average Bonchev–Trinajstić information content (AvgIpc) is 2.17. The van der Waals surface area contributed by atoms with Gasteiger partial charge in [-0.3, -0.25) is 0 Å². The molecule has 0 fully saturated rings. The number of carbonyl (C=O) groups excluding carboxylic acids is 1. The van der Waals surface area contributed by atoms with Crippen LogP contribution in [0.5, 0.6) is 0 Å². The minimum absolute atomic E-state index is 0.0637. The van der Waals surface area contributed by atoms with Crippen LogP contribution in [0.3, 0.4) is 0 Å². The zero-order valence-electron chi connectivity index (χ0n) is 7.66. The van der Waals surface area contributed by atoms with Crippen LogP contribution in [0, 0.1) is 5.41 Å². The van der Waals surface area contributed by atoms with Crippen molar-refractivity contribution in [2.75, 3.05) is 12.4 Å². The lowest BCUT2D eigenvalue weighted by Crippen LogP contribution is -2.43. The second kappa shape index (κ2) is 4.58. The van der Waals surface area contributed by atoms with Crippen LogP contribution in [-0.2, 0) is 4.79 Å². The summed E-state index contributed by atoms with van der Waals surface area (Å²) >= 11 is 5.56. The van der Waals surface area contributed by atoms with Crippen molar-refractivity contribution >= 4 is 17.9 Å². The molecule has 0 aromatic rings. The van der Waals surface area contributed by atoms with Gasteiger partial charge in [0.05, 0.1) is 5.41 Å². The van der Waals surface area contributed by atoms with Gasteiger partial charge < -0.3 is 10.1 Å². The minimum atomic E-state index is -0.430. The van der Waals surface area contributed by atoms with E-state index in [1.54, 1.807) is 0 Å². The van der Waals surface area contributed by atoms with E-state index in [1.807, 2.05) is 31.2 Å². The van der Waals surface area contributed by atoms with Gasteiger partial charge in [-0.05, 0) is 6.92 Å². The van der Waals surface area contributed by atoms with Gasteiger partial charge in [-0.15, -0.1) is 11.6 Å². The van der Waals surface area contributed by atoms with Gasteiger partial charge >= 0.3 is 0 Å². The quantitative estimate of drug-likeness (QED) is 0.550. The van der Waals surface area contributed by atoms with Crippen LogP contribution < -0.4 is 5.32 Å². The maximum Gasteiger partial charge on any atom is 0.131 e. The number of halogens is 1. The van der Waals surface area contributed by atoms with Gasteiger partial charge in [0, 0.05) is 18.5 Å². The van der Waals surface area contributed by atoms with Crippen molar-refractivity contribution in [3.63, 3.8) is 0 Å².